The summed E-state index contributed by atoms with van der Waals surface area (Å²) < 4.78 is 26.4. The molecule has 27 heavy (non-hydrogen) atoms. The zero-order chi connectivity index (χ0) is 19.8. The largest absolute Gasteiger partial charge is 0.302 e. The van der Waals surface area contributed by atoms with E-state index >= 15 is 0 Å². The third kappa shape index (κ3) is 4.18. The van der Waals surface area contributed by atoms with Crippen molar-refractivity contribution in [3.63, 3.8) is 0 Å². The van der Waals surface area contributed by atoms with Crippen LogP contribution in [0, 0.1) is 13.8 Å². The SMILES string of the molecule is Cc1ccc(C)c(CC(=O)Nc2nc3ccc(S(=O)(=O)N(C)C)cc3s2)c1. The molecule has 0 atom stereocenters. The molecule has 8 heteroatoms. The van der Waals surface area contributed by atoms with E-state index < -0.39 is 10.0 Å². The second kappa shape index (κ2) is 7.38. The lowest BCUT2D eigenvalue weighted by Crippen LogP contribution is -2.22. The van der Waals surface area contributed by atoms with Crippen LogP contribution in [0.25, 0.3) is 10.2 Å². The fourth-order valence-corrected chi connectivity index (χ4v) is 4.58. The Morgan fingerprint density at radius 1 is 1.15 bits per heavy atom. The lowest BCUT2D eigenvalue weighted by atomic mass is 10.0. The maximum absolute atomic E-state index is 12.4. The van der Waals surface area contributed by atoms with Crippen molar-refractivity contribution in [3.05, 3.63) is 53.1 Å². The number of carbonyl (C=O) groups is 1. The zero-order valence-corrected chi connectivity index (χ0v) is 17.2. The van der Waals surface area contributed by atoms with Crippen molar-refractivity contribution in [2.45, 2.75) is 25.2 Å². The van der Waals surface area contributed by atoms with Gasteiger partial charge in [-0.25, -0.2) is 17.7 Å². The number of aromatic nitrogens is 1. The van der Waals surface area contributed by atoms with Gasteiger partial charge >= 0.3 is 0 Å². The molecule has 0 radical (unpaired) electrons. The number of fused-ring (bicyclic) bond motifs is 1. The number of nitrogens with zero attached hydrogens (tertiary/aromatic N) is 2. The normalized spacial score (nSPS) is 11.9. The Hall–Kier alpha value is -2.29. The molecule has 1 amide bonds. The van der Waals surface area contributed by atoms with Crippen molar-refractivity contribution in [1.29, 1.82) is 0 Å². The number of thiazole rings is 1. The molecule has 0 bridgehead atoms. The van der Waals surface area contributed by atoms with Gasteiger partial charge in [-0.15, -0.1) is 0 Å². The summed E-state index contributed by atoms with van der Waals surface area (Å²) in [6, 6.07) is 10.8. The maximum Gasteiger partial charge on any atom is 0.242 e. The van der Waals surface area contributed by atoms with Gasteiger partial charge in [-0.05, 0) is 43.2 Å². The number of sulfonamides is 1. The summed E-state index contributed by atoms with van der Waals surface area (Å²) in [5.41, 5.74) is 3.81. The van der Waals surface area contributed by atoms with Gasteiger partial charge in [-0.3, -0.25) is 4.79 Å². The standard InChI is InChI=1S/C19H21N3O3S2/c1-12-5-6-13(2)14(9-12)10-18(23)21-19-20-16-8-7-15(11-17(16)26-19)27(24,25)22(3)4/h5-9,11H,10H2,1-4H3,(H,20,21,23). The monoisotopic (exact) mass is 403 g/mol. The van der Waals surface area contributed by atoms with E-state index in [0.717, 1.165) is 16.7 Å². The number of anilines is 1. The van der Waals surface area contributed by atoms with Crippen molar-refractivity contribution in [1.82, 2.24) is 9.29 Å². The van der Waals surface area contributed by atoms with E-state index in [-0.39, 0.29) is 17.2 Å². The maximum atomic E-state index is 12.4. The average molecular weight is 404 g/mol. The van der Waals surface area contributed by atoms with E-state index in [1.807, 2.05) is 32.0 Å². The van der Waals surface area contributed by atoms with Crippen LogP contribution in [0.15, 0.2) is 41.3 Å². The van der Waals surface area contributed by atoms with Gasteiger partial charge in [0.25, 0.3) is 0 Å². The molecular formula is C19H21N3O3S2. The molecule has 0 aliphatic carbocycles. The van der Waals surface area contributed by atoms with Crippen molar-refractivity contribution in [2.75, 3.05) is 19.4 Å². The topological polar surface area (TPSA) is 79.4 Å². The number of benzene rings is 2. The molecular weight excluding hydrogens is 382 g/mol. The highest BCUT2D eigenvalue weighted by atomic mass is 32.2. The number of nitrogens with one attached hydrogen (secondary N) is 1. The Morgan fingerprint density at radius 2 is 1.89 bits per heavy atom. The van der Waals surface area contributed by atoms with Crippen LogP contribution in [0.1, 0.15) is 16.7 Å². The number of hydrogen-bond donors (Lipinski definition) is 1. The summed E-state index contributed by atoms with van der Waals surface area (Å²) in [6.45, 7) is 3.97. The summed E-state index contributed by atoms with van der Waals surface area (Å²) in [5, 5.41) is 3.27. The quantitative estimate of drug-likeness (QED) is 0.709. The Morgan fingerprint density at radius 3 is 2.59 bits per heavy atom. The highest BCUT2D eigenvalue weighted by Crippen LogP contribution is 2.29. The molecule has 0 spiro atoms. The van der Waals surface area contributed by atoms with E-state index in [9.17, 15) is 13.2 Å². The zero-order valence-electron chi connectivity index (χ0n) is 15.6. The number of rotatable bonds is 5. The van der Waals surface area contributed by atoms with E-state index in [2.05, 4.69) is 10.3 Å². The highest BCUT2D eigenvalue weighted by molar-refractivity contribution is 7.89. The van der Waals surface area contributed by atoms with Crippen LogP contribution in [0.5, 0.6) is 0 Å². The van der Waals surface area contributed by atoms with Crippen molar-refractivity contribution < 1.29 is 13.2 Å². The molecule has 142 valence electrons. The fraction of sp³-hybridized carbons (Fsp3) is 0.263. The molecule has 3 rings (SSSR count). The lowest BCUT2D eigenvalue weighted by molar-refractivity contribution is -0.115. The van der Waals surface area contributed by atoms with Crippen LogP contribution in [0.4, 0.5) is 5.13 Å². The van der Waals surface area contributed by atoms with E-state index in [0.29, 0.717) is 15.3 Å². The molecule has 0 saturated heterocycles. The molecule has 2 aromatic carbocycles. The number of aryl methyl sites for hydroxylation is 2. The Bertz CT molecular complexity index is 1120. The Balaban J connectivity index is 1.81. The molecule has 0 aliphatic heterocycles. The molecule has 1 heterocycles. The van der Waals surface area contributed by atoms with Gasteiger partial charge in [0.1, 0.15) is 0 Å². The molecule has 6 nitrogen and oxygen atoms in total. The molecule has 0 saturated carbocycles. The first-order chi connectivity index (χ1) is 12.7. The summed E-state index contributed by atoms with van der Waals surface area (Å²) >= 11 is 1.26. The summed E-state index contributed by atoms with van der Waals surface area (Å²) in [5.74, 6) is -0.149. The van der Waals surface area contributed by atoms with Crippen molar-refractivity contribution in [3.8, 4) is 0 Å². The number of hydrogen-bond acceptors (Lipinski definition) is 5. The Kier molecular flexibility index (Phi) is 5.32. The van der Waals surface area contributed by atoms with Gasteiger partial charge in [-0.1, -0.05) is 35.1 Å². The van der Waals surface area contributed by atoms with Crippen LogP contribution < -0.4 is 5.32 Å². The van der Waals surface area contributed by atoms with E-state index in [1.165, 1.54) is 35.8 Å². The second-order valence-corrected chi connectivity index (χ2v) is 9.77. The van der Waals surface area contributed by atoms with Crippen LogP contribution in [0.2, 0.25) is 0 Å². The van der Waals surface area contributed by atoms with Crippen LogP contribution >= 0.6 is 11.3 Å². The predicted molar refractivity (Wildman–Crippen MR) is 109 cm³/mol. The van der Waals surface area contributed by atoms with Crippen LogP contribution in [-0.4, -0.2) is 37.7 Å². The predicted octanol–water partition coefficient (Wildman–Crippen LogP) is 3.34. The Labute approximate surface area is 162 Å². The van der Waals surface area contributed by atoms with Crippen LogP contribution in [-0.2, 0) is 21.2 Å². The summed E-state index contributed by atoms with van der Waals surface area (Å²) in [4.78, 5) is 17.0. The fourth-order valence-electron chi connectivity index (χ4n) is 2.66. The van der Waals surface area contributed by atoms with Gasteiger partial charge in [0.2, 0.25) is 15.9 Å². The van der Waals surface area contributed by atoms with Gasteiger partial charge in [0, 0.05) is 14.1 Å². The van der Waals surface area contributed by atoms with Gasteiger partial charge in [0.05, 0.1) is 21.5 Å². The molecule has 1 N–H and O–H groups in total. The van der Waals surface area contributed by atoms with E-state index in [1.54, 1.807) is 12.1 Å². The second-order valence-electron chi connectivity index (χ2n) is 6.59. The molecule has 0 aliphatic rings. The first-order valence-electron chi connectivity index (χ1n) is 8.36. The first-order valence-corrected chi connectivity index (χ1v) is 10.6. The molecule has 1 aromatic heterocycles. The summed E-state index contributed by atoms with van der Waals surface area (Å²) in [6.07, 6.45) is 0.268. The van der Waals surface area contributed by atoms with Gasteiger partial charge < -0.3 is 5.32 Å². The minimum Gasteiger partial charge on any atom is -0.302 e. The highest BCUT2D eigenvalue weighted by Gasteiger charge is 2.18. The third-order valence-electron chi connectivity index (χ3n) is 4.24. The summed E-state index contributed by atoms with van der Waals surface area (Å²) in [7, 11) is -0.524. The molecule has 3 aromatic rings. The van der Waals surface area contributed by atoms with E-state index in [4.69, 9.17) is 0 Å². The molecule has 0 fully saturated rings. The van der Waals surface area contributed by atoms with Gasteiger partial charge in [-0.2, -0.15) is 0 Å². The van der Waals surface area contributed by atoms with Crippen molar-refractivity contribution in [2.24, 2.45) is 0 Å². The molecule has 0 unspecified atom stereocenters. The van der Waals surface area contributed by atoms with Crippen LogP contribution in [0.3, 0.4) is 0 Å². The number of amides is 1. The smallest absolute Gasteiger partial charge is 0.242 e. The number of carbonyl (C=O) groups excluding carboxylic acids is 1. The lowest BCUT2D eigenvalue weighted by Gasteiger charge is -2.10. The minimum atomic E-state index is -3.51. The van der Waals surface area contributed by atoms with Gasteiger partial charge in [0.15, 0.2) is 5.13 Å². The van der Waals surface area contributed by atoms with Crippen molar-refractivity contribution >= 4 is 42.6 Å². The minimum absolute atomic E-state index is 0.149. The average Bonchev–Trinajstić information content (AvgIpc) is 2.99. The first kappa shape index (κ1) is 19.5. The third-order valence-corrected chi connectivity index (χ3v) is 6.99.